The molecule has 0 aliphatic rings. The zero-order valence-corrected chi connectivity index (χ0v) is 30.0. The number of rotatable bonds is 3. The van der Waals surface area contributed by atoms with Crippen molar-refractivity contribution in [2.24, 2.45) is 0 Å². The fourth-order valence-electron chi connectivity index (χ4n) is 5.35. The summed E-state index contributed by atoms with van der Waals surface area (Å²) in [6.07, 6.45) is 3.89. The molecule has 0 aliphatic carbocycles. The van der Waals surface area contributed by atoms with Gasteiger partial charge < -0.3 is 14.4 Å². The van der Waals surface area contributed by atoms with Gasteiger partial charge >= 0.3 is 0 Å². The molecule has 1 radical (unpaired) electrons. The van der Waals surface area contributed by atoms with Crippen LogP contribution in [0.25, 0.3) is 44.5 Å². The molecule has 0 spiro atoms. The van der Waals surface area contributed by atoms with Crippen LogP contribution in [0.5, 0.6) is 0 Å². The number of fused-ring (bicyclic) bond motifs is 3. The number of furan rings is 1. The summed E-state index contributed by atoms with van der Waals surface area (Å²) in [6, 6.07) is 29.4. The molecule has 3 heterocycles. The van der Waals surface area contributed by atoms with E-state index in [-0.39, 0.29) is 25.5 Å². The van der Waals surface area contributed by atoms with E-state index in [0.717, 1.165) is 33.7 Å². The molecule has 5 heteroatoms. The molecule has 3 nitrogen and oxygen atoms in total. The summed E-state index contributed by atoms with van der Waals surface area (Å²) in [4.78, 5) is 9.13. The van der Waals surface area contributed by atoms with Crippen LogP contribution in [0.2, 0.25) is 19.6 Å². The van der Waals surface area contributed by atoms with Gasteiger partial charge in [0.05, 0.1) is 5.58 Å². The van der Waals surface area contributed by atoms with Crippen LogP contribution in [0, 0.1) is 32.9 Å². The summed E-state index contributed by atoms with van der Waals surface area (Å²) in [7, 11) is -1.56. The Morgan fingerprint density at radius 3 is 2.09 bits per heavy atom. The summed E-state index contributed by atoms with van der Waals surface area (Å²) < 4.78 is 6.38. The van der Waals surface area contributed by atoms with Crippen LogP contribution in [0.3, 0.4) is 0 Å². The van der Waals surface area contributed by atoms with Crippen molar-refractivity contribution < 1.29 is 24.5 Å². The fraction of sp³-hybridized carbons (Fsp3) is 0.263. The number of hydrogen-bond donors (Lipinski definition) is 0. The maximum absolute atomic E-state index is 6.38. The summed E-state index contributed by atoms with van der Waals surface area (Å²) >= 11 is 0. The van der Waals surface area contributed by atoms with E-state index in [9.17, 15) is 0 Å². The number of pyridine rings is 2. The molecule has 223 valence electrons. The van der Waals surface area contributed by atoms with Gasteiger partial charge in [-0.15, -0.1) is 53.2 Å². The Morgan fingerprint density at radius 1 is 0.767 bits per heavy atom. The summed E-state index contributed by atoms with van der Waals surface area (Å²) in [5.41, 5.74) is 10.9. The van der Waals surface area contributed by atoms with Crippen molar-refractivity contribution in [3.05, 3.63) is 114 Å². The van der Waals surface area contributed by atoms with Gasteiger partial charge in [0.2, 0.25) is 0 Å². The van der Waals surface area contributed by atoms with Crippen LogP contribution in [0.4, 0.5) is 0 Å². The van der Waals surface area contributed by atoms with E-state index in [1.807, 2.05) is 42.7 Å². The molecular weight excluding hydrogens is 721 g/mol. The smallest absolute Gasteiger partial charge is 0.120 e. The molecule has 3 aromatic heterocycles. The molecule has 0 bridgehead atoms. The molecule has 0 aliphatic heterocycles. The largest absolute Gasteiger partial charge is 0.501 e. The van der Waals surface area contributed by atoms with Crippen molar-refractivity contribution in [2.75, 3.05) is 0 Å². The fourth-order valence-corrected chi connectivity index (χ4v) is 6.85. The monoisotopic (exact) mass is 761 g/mol. The maximum atomic E-state index is 6.38. The number of hydrogen-bond acceptors (Lipinski definition) is 3. The maximum Gasteiger partial charge on any atom is 0.120 e. The van der Waals surface area contributed by atoms with E-state index in [2.05, 4.69) is 115 Å². The third kappa shape index (κ3) is 6.91. The molecule has 43 heavy (non-hydrogen) atoms. The summed E-state index contributed by atoms with van der Waals surface area (Å²) in [5.74, 6) is 0. The molecular formula is C38H40IrN2OSi-2. The van der Waals surface area contributed by atoms with E-state index in [1.165, 1.54) is 38.2 Å². The summed E-state index contributed by atoms with van der Waals surface area (Å²) in [6.45, 7) is 20.2. The van der Waals surface area contributed by atoms with Gasteiger partial charge in [-0.2, -0.15) is 0 Å². The van der Waals surface area contributed by atoms with Crippen LogP contribution in [-0.2, 0) is 25.5 Å². The zero-order valence-electron chi connectivity index (χ0n) is 26.6. The second-order valence-electron chi connectivity index (χ2n) is 13.2. The summed E-state index contributed by atoms with van der Waals surface area (Å²) in [5, 5.41) is 3.82. The predicted octanol–water partition coefficient (Wildman–Crippen LogP) is 9.76. The zero-order chi connectivity index (χ0) is 30.2. The first-order chi connectivity index (χ1) is 19.8. The predicted molar refractivity (Wildman–Crippen MR) is 180 cm³/mol. The Balaban J connectivity index is 0.000000238. The molecule has 0 amide bonds. The van der Waals surface area contributed by atoms with Crippen LogP contribution >= 0.6 is 0 Å². The van der Waals surface area contributed by atoms with Crippen molar-refractivity contribution in [2.45, 2.75) is 66.6 Å². The number of nitrogens with zero attached hydrogens (tertiary/aromatic N) is 2. The van der Waals surface area contributed by atoms with Crippen LogP contribution in [0.1, 0.15) is 43.0 Å². The molecule has 0 saturated carbocycles. The van der Waals surface area contributed by atoms with Crippen molar-refractivity contribution >= 4 is 35.2 Å². The van der Waals surface area contributed by atoms with Crippen LogP contribution in [-0.4, -0.2) is 18.0 Å². The van der Waals surface area contributed by atoms with Gasteiger partial charge in [-0.05, 0) is 60.3 Å². The first kappa shape index (κ1) is 32.5. The molecule has 0 unspecified atom stereocenters. The average Bonchev–Trinajstić information content (AvgIpc) is 3.34. The van der Waals surface area contributed by atoms with Crippen molar-refractivity contribution in [3.8, 4) is 22.5 Å². The van der Waals surface area contributed by atoms with Crippen molar-refractivity contribution in [1.29, 1.82) is 0 Å². The minimum Gasteiger partial charge on any atom is -0.501 e. The number of aromatic nitrogens is 2. The van der Waals surface area contributed by atoms with Gasteiger partial charge in [0.15, 0.2) is 0 Å². The Bertz CT molecular complexity index is 1880. The SMILES string of the molecule is Cc1cnc(-c2[c-]cc([Si](C)(C)C)c3c2oc2ccccc23)cc1C(C)(C)C.Cc1cnc(-c2[c-]cccc2)cc1C.[Ir]. The Hall–Kier alpha value is -3.37. The second kappa shape index (κ2) is 12.7. The number of aryl methyl sites for hydroxylation is 3. The molecule has 0 saturated heterocycles. The van der Waals surface area contributed by atoms with E-state index in [4.69, 9.17) is 9.40 Å². The van der Waals surface area contributed by atoms with Gasteiger partial charge in [0.25, 0.3) is 0 Å². The van der Waals surface area contributed by atoms with Crippen molar-refractivity contribution in [3.63, 3.8) is 0 Å². The Morgan fingerprint density at radius 2 is 1.44 bits per heavy atom. The van der Waals surface area contributed by atoms with Gasteiger partial charge in [-0.3, -0.25) is 0 Å². The average molecular weight is 761 g/mol. The van der Waals surface area contributed by atoms with E-state index in [1.54, 1.807) is 0 Å². The topological polar surface area (TPSA) is 38.9 Å². The first-order valence-electron chi connectivity index (χ1n) is 14.6. The van der Waals surface area contributed by atoms with Gasteiger partial charge in [-0.1, -0.05) is 87.3 Å². The van der Waals surface area contributed by atoms with E-state index >= 15 is 0 Å². The quantitative estimate of drug-likeness (QED) is 0.133. The standard InChI is InChI=1S/C25H28NOSi.C13H12N.Ir/c1-16-15-26-20(14-19(16)25(2,3)4)17-12-13-22(28(5,6)7)23-18-10-8-9-11-21(18)27-24(17)23;1-10-8-13(14-9-11(10)2)12-6-4-3-5-7-12;/h8-11,13-15H,1-7H3;3-6,8-9H,1-2H3;/q2*-1;. The Labute approximate surface area is 271 Å². The van der Waals surface area contributed by atoms with Crippen LogP contribution in [0.15, 0.2) is 83.5 Å². The van der Waals surface area contributed by atoms with Crippen molar-refractivity contribution in [1.82, 2.24) is 9.97 Å². The minimum atomic E-state index is -1.56. The van der Waals surface area contributed by atoms with Gasteiger partial charge in [0.1, 0.15) is 5.58 Å². The normalized spacial score (nSPS) is 11.7. The minimum absolute atomic E-state index is 0. The molecule has 6 rings (SSSR count). The Kier molecular flexibility index (Phi) is 9.61. The number of benzene rings is 3. The number of para-hydroxylation sites is 1. The van der Waals surface area contributed by atoms with E-state index in [0.29, 0.717) is 0 Å². The van der Waals surface area contributed by atoms with E-state index < -0.39 is 8.07 Å². The molecule has 0 atom stereocenters. The second-order valence-corrected chi connectivity index (χ2v) is 18.2. The molecule has 0 fully saturated rings. The van der Waals surface area contributed by atoms with Crippen LogP contribution < -0.4 is 5.19 Å². The first-order valence-corrected chi connectivity index (χ1v) is 18.1. The third-order valence-electron chi connectivity index (χ3n) is 7.79. The molecule has 3 aromatic carbocycles. The molecule has 0 N–H and O–H groups in total. The third-order valence-corrected chi connectivity index (χ3v) is 9.80. The molecule has 6 aromatic rings. The van der Waals surface area contributed by atoms with Gasteiger partial charge in [0, 0.05) is 46.0 Å². The van der Waals surface area contributed by atoms with Gasteiger partial charge in [-0.25, -0.2) is 0 Å².